The van der Waals surface area contributed by atoms with Gasteiger partial charge in [0.1, 0.15) is 0 Å². The van der Waals surface area contributed by atoms with Crippen molar-refractivity contribution in [1.82, 2.24) is 5.48 Å². The summed E-state index contributed by atoms with van der Waals surface area (Å²) in [4.78, 5) is 23.6. The molecule has 0 aliphatic carbocycles. The lowest BCUT2D eigenvalue weighted by Crippen LogP contribution is -2.16. The Morgan fingerprint density at radius 3 is 2.71 bits per heavy atom. The van der Waals surface area contributed by atoms with Gasteiger partial charge in [0, 0.05) is 10.4 Å². The molecule has 1 aromatic carbocycles. The van der Waals surface area contributed by atoms with Crippen LogP contribution in [0, 0.1) is 0 Å². The number of thiophene rings is 1. The summed E-state index contributed by atoms with van der Waals surface area (Å²) in [6.45, 7) is 0. The molecule has 6 nitrogen and oxygen atoms in total. The first-order valence-electron chi connectivity index (χ1n) is 6.00. The van der Waals surface area contributed by atoms with E-state index in [4.69, 9.17) is 9.62 Å². The van der Waals surface area contributed by atoms with Crippen molar-refractivity contribution in [2.75, 3.05) is 5.32 Å². The van der Waals surface area contributed by atoms with Crippen LogP contribution in [0.1, 0.15) is 20.2 Å². The second kappa shape index (κ2) is 5.39. The van der Waals surface area contributed by atoms with Crippen LogP contribution in [0.4, 0.5) is 5.69 Å². The second-order valence-electron chi connectivity index (χ2n) is 4.24. The minimum atomic E-state index is -0.558. The molecular formula is C14H10N2O4S. The minimum absolute atomic E-state index is 0.224. The number of hydroxylamine groups is 1. The number of fused-ring (bicyclic) bond motifs is 1. The third-order valence-electron chi connectivity index (χ3n) is 2.85. The van der Waals surface area contributed by atoms with Gasteiger partial charge in [-0.05, 0) is 35.7 Å². The monoisotopic (exact) mass is 302 g/mol. The van der Waals surface area contributed by atoms with Gasteiger partial charge >= 0.3 is 0 Å². The largest absolute Gasteiger partial charge is 0.459 e. The van der Waals surface area contributed by atoms with Gasteiger partial charge in [0.2, 0.25) is 0 Å². The first kappa shape index (κ1) is 13.3. The van der Waals surface area contributed by atoms with E-state index in [1.165, 1.54) is 17.6 Å². The number of benzene rings is 1. The first-order valence-corrected chi connectivity index (χ1v) is 6.82. The molecule has 0 atom stereocenters. The maximum absolute atomic E-state index is 11.9. The van der Waals surface area contributed by atoms with Crippen LogP contribution >= 0.6 is 11.3 Å². The van der Waals surface area contributed by atoms with Gasteiger partial charge in [-0.2, -0.15) is 0 Å². The fourth-order valence-corrected chi connectivity index (χ4v) is 2.87. The van der Waals surface area contributed by atoms with Crippen molar-refractivity contribution in [1.29, 1.82) is 0 Å². The smallest absolute Gasteiger partial charge is 0.291 e. The number of carbonyl (C=O) groups excluding carboxylic acids is 2. The van der Waals surface area contributed by atoms with Crippen LogP contribution < -0.4 is 10.8 Å². The number of rotatable bonds is 3. The molecule has 0 aliphatic rings. The third-order valence-corrected chi connectivity index (χ3v) is 3.94. The molecule has 0 bridgehead atoms. The fraction of sp³-hybridized carbons (Fsp3) is 0. The number of hydrogen-bond donors (Lipinski definition) is 3. The third kappa shape index (κ3) is 2.64. The molecule has 2 aromatic heterocycles. The fourth-order valence-electron chi connectivity index (χ4n) is 1.88. The molecule has 3 rings (SSSR count). The molecule has 0 saturated carbocycles. The lowest BCUT2D eigenvalue weighted by Gasteiger charge is -2.02. The Morgan fingerprint density at radius 2 is 2.00 bits per heavy atom. The topological polar surface area (TPSA) is 91.6 Å². The summed E-state index contributed by atoms with van der Waals surface area (Å²) in [5.74, 6) is -0.678. The number of carbonyl (C=O) groups is 2. The molecule has 106 valence electrons. The van der Waals surface area contributed by atoms with E-state index < -0.39 is 5.91 Å². The van der Waals surface area contributed by atoms with Gasteiger partial charge in [-0.3, -0.25) is 14.8 Å². The second-order valence-corrected chi connectivity index (χ2v) is 5.32. The predicted molar refractivity (Wildman–Crippen MR) is 77.7 cm³/mol. The standard InChI is InChI=1S/C14H10N2O4S/c17-13(10-2-1-5-20-10)15-9-4-3-8-6-12(14(18)16-19)21-11(8)7-9/h1-7,19H,(H,15,17)(H,16,18). The summed E-state index contributed by atoms with van der Waals surface area (Å²) in [5.41, 5.74) is 2.20. The predicted octanol–water partition coefficient (Wildman–Crippen LogP) is 2.87. The quantitative estimate of drug-likeness (QED) is 0.512. The van der Waals surface area contributed by atoms with Crippen molar-refractivity contribution in [3.8, 4) is 0 Å². The Morgan fingerprint density at radius 1 is 1.14 bits per heavy atom. The van der Waals surface area contributed by atoms with Crippen molar-refractivity contribution in [2.45, 2.75) is 0 Å². The van der Waals surface area contributed by atoms with Crippen LogP contribution in [0.2, 0.25) is 0 Å². The van der Waals surface area contributed by atoms with Gasteiger partial charge in [0.15, 0.2) is 5.76 Å². The normalized spacial score (nSPS) is 10.5. The van der Waals surface area contributed by atoms with Crippen LogP contribution in [-0.2, 0) is 0 Å². The van der Waals surface area contributed by atoms with Gasteiger partial charge in [-0.1, -0.05) is 6.07 Å². The lowest BCUT2D eigenvalue weighted by molar-refractivity contribution is 0.0711. The number of furan rings is 1. The molecule has 0 aliphatic heterocycles. The zero-order valence-electron chi connectivity index (χ0n) is 10.6. The minimum Gasteiger partial charge on any atom is -0.459 e. The number of anilines is 1. The van der Waals surface area contributed by atoms with E-state index in [-0.39, 0.29) is 11.7 Å². The summed E-state index contributed by atoms with van der Waals surface area (Å²) in [7, 11) is 0. The van der Waals surface area contributed by atoms with E-state index in [1.54, 1.807) is 41.9 Å². The molecule has 7 heteroatoms. The van der Waals surface area contributed by atoms with Crippen molar-refractivity contribution >= 4 is 38.9 Å². The Kier molecular flexibility index (Phi) is 3.43. The zero-order chi connectivity index (χ0) is 14.8. The average molecular weight is 302 g/mol. The van der Waals surface area contributed by atoms with Gasteiger partial charge in [-0.15, -0.1) is 11.3 Å². The highest BCUT2D eigenvalue weighted by atomic mass is 32.1. The number of hydrogen-bond acceptors (Lipinski definition) is 5. The highest BCUT2D eigenvalue weighted by molar-refractivity contribution is 7.20. The molecule has 21 heavy (non-hydrogen) atoms. The van der Waals surface area contributed by atoms with E-state index in [1.807, 2.05) is 0 Å². The van der Waals surface area contributed by atoms with Crippen molar-refractivity contribution in [2.24, 2.45) is 0 Å². The highest BCUT2D eigenvalue weighted by Crippen LogP contribution is 2.28. The highest BCUT2D eigenvalue weighted by Gasteiger charge is 2.12. The zero-order valence-corrected chi connectivity index (χ0v) is 11.4. The molecule has 2 heterocycles. The van der Waals surface area contributed by atoms with Crippen LogP contribution in [0.15, 0.2) is 47.1 Å². The molecular weight excluding hydrogens is 292 g/mol. The Hall–Kier alpha value is -2.64. The molecule has 0 spiro atoms. The van der Waals surface area contributed by atoms with Crippen LogP contribution in [-0.4, -0.2) is 17.0 Å². The van der Waals surface area contributed by atoms with Gasteiger partial charge in [0.25, 0.3) is 11.8 Å². The molecule has 3 N–H and O–H groups in total. The van der Waals surface area contributed by atoms with Crippen LogP contribution in [0.5, 0.6) is 0 Å². The Bertz CT molecular complexity index is 808. The molecule has 2 amide bonds. The van der Waals surface area contributed by atoms with E-state index in [0.717, 1.165) is 10.1 Å². The van der Waals surface area contributed by atoms with Crippen molar-refractivity contribution in [3.63, 3.8) is 0 Å². The van der Waals surface area contributed by atoms with Crippen LogP contribution in [0.25, 0.3) is 10.1 Å². The van der Waals surface area contributed by atoms with E-state index in [9.17, 15) is 9.59 Å². The van der Waals surface area contributed by atoms with E-state index >= 15 is 0 Å². The van der Waals surface area contributed by atoms with Crippen molar-refractivity contribution in [3.05, 3.63) is 53.3 Å². The molecule has 0 fully saturated rings. The van der Waals surface area contributed by atoms with E-state index in [0.29, 0.717) is 10.6 Å². The Balaban J connectivity index is 1.87. The molecule has 0 unspecified atom stereocenters. The Labute approximate surface area is 123 Å². The SMILES string of the molecule is O=C(Nc1ccc2cc(C(=O)NO)sc2c1)c1ccco1. The van der Waals surface area contributed by atoms with Gasteiger partial charge in [0.05, 0.1) is 11.1 Å². The molecule has 0 radical (unpaired) electrons. The summed E-state index contributed by atoms with van der Waals surface area (Å²) in [6, 6.07) is 10.2. The summed E-state index contributed by atoms with van der Waals surface area (Å²) in [5, 5.41) is 12.2. The summed E-state index contributed by atoms with van der Waals surface area (Å²) in [6.07, 6.45) is 1.43. The van der Waals surface area contributed by atoms with Crippen molar-refractivity contribution < 1.29 is 19.2 Å². The average Bonchev–Trinajstić information content (AvgIpc) is 3.15. The first-order chi connectivity index (χ1) is 10.2. The van der Waals surface area contributed by atoms with Gasteiger partial charge in [-0.25, -0.2) is 5.48 Å². The summed E-state index contributed by atoms with van der Waals surface area (Å²) < 4.78 is 5.84. The molecule has 0 saturated heterocycles. The number of nitrogens with one attached hydrogen (secondary N) is 2. The summed E-state index contributed by atoms with van der Waals surface area (Å²) >= 11 is 1.22. The number of amides is 2. The van der Waals surface area contributed by atoms with Crippen LogP contribution in [0.3, 0.4) is 0 Å². The molecule has 3 aromatic rings. The maximum Gasteiger partial charge on any atom is 0.291 e. The maximum atomic E-state index is 11.9. The van der Waals surface area contributed by atoms with Gasteiger partial charge < -0.3 is 9.73 Å². The lowest BCUT2D eigenvalue weighted by atomic mass is 10.2. The van der Waals surface area contributed by atoms with E-state index in [2.05, 4.69) is 5.32 Å².